The lowest BCUT2D eigenvalue weighted by molar-refractivity contribution is 0.00928. The highest BCUT2D eigenvalue weighted by molar-refractivity contribution is 4.94. The first kappa shape index (κ1) is 10.2. The summed E-state index contributed by atoms with van der Waals surface area (Å²) in [5, 5.41) is 21.9. The maximum atomic E-state index is 9.53. The van der Waals surface area contributed by atoms with E-state index in [2.05, 4.69) is 15.3 Å². The molecule has 0 amide bonds. The van der Waals surface area contributed by atoms with E-state index in [0.29, 0.717) is 18.8 Å². The van der Waals surface area contributed by atoms with Gasteiger partial charge in [0.15, 0.2) is 0 Å². The fourth-order valence-electron chi connectivity index (χ4n) is 1.07. The van der Waals surface area contributed by atoms with E-state index in [0.717, 1.165) is 0 Å². The van der Waals surface area contributed by atoms with Crippen molar-refractivity contribution in [1.29, 1.82) is 0 Å². The molecule has 13 heavy (non-hydrogen) atoms. The van der Waals surface area contributed by atoms with Crippen molar-refractivity contribution in [2.24, 2.45) is 0 Å². The van der Waals surface area contributed by atoms with Gasteiger partial charge in [-0.3, -0.25) is 0 Å². The van der Waals surface area contributed by atoms with Crippen LogP contribution in [0, 0.1) is 0 Å². The zero-order chi connectivity index (χ0) is 9.68. The van der Waals surface area contributed by atoms with Crippen LogP contribution in [0.15, 0.2) is 12.4 Å². The van der Waals surface area contributed by atoms with E-state index in [9.17, 15) is 10.2 Å². The molecule has 4 N–H and O–H groups in total. The third-order valence-corrected chi connectivity index (χ3v) is 1.85. The zero-order valence-corrected chi connectivity index (χ0v) is 7.57. The second-order valence-corrected chi connectivity index (χ2v) is 2.88. The predicted octanol–water partition coefficient (Wildman–Crippen LogP) is -0.587. The summed E-state index contributed by atoms with van der Waals surface area (Å²) in [5.41, 5.74) is 0. The average Bonchev–Trinajstić information content (AvgIpc) is 2.65. The number of aliphatic hydroxyl groups excluding tert-OH is 2. The summed E-state index contributed by atoms with van der Waals surface area (Å²) in [5.74, 6) is 0.406. The summed E-state index contributed by atoms with van der Waals surface area (Å²) < 4.78 is 0. The number of rotatable bonds is 5. The quantitative estimate of drug-likeness (QED) is 0.494. The van der Waals surface area contributed by atoms with Gasteiger partial charge in [0.1, 0.15) is 11.9 Å². The lowest BCUT2D eigenvalue weighted by Crippen LogP contribution is -2.24. The lowest BCUT2D eigenvalue weighted by Gasteiger charge is -2.15. The van der Waals surface area contributed by atoms with E-state index in [4.69, 9.17) is 0 Å². The lowest BCUT2D eigenvalue weighted by atomic mass is 10.1. The molecule has 1 rings (SSSR count). The Morgan fingerprint density at radius 1 is 1.62 bits per heavy atom. The Labute approximate surface area is 76.8 Å². The summed E-state index contributed by atoms with van der Waals surface area (Å²) in [7, 11) is 1.80. The molecule has 1 aromatic heterocycles. The Morgan fingerprint density at radius 2 is 2.38 bits per heavy atom. The minimum atomic E-state index is -0.927. The van der Waals surface area contributed by atoms with Crippen molar-refractivity contribution in [2.75, 3.05) is 13.6 Å². The van der Waals surface area contributed by atoms with Crippen molar-refractivity contribution in [3.8, 4) is 0 Å². The van der Waals surface area contributed by atoms with Crippen molar-refractivity contribution in [3.05, 3.63) is 18.2 Å². The monoisotopic (exact) mass is 185 g/mol. The van der Waals surface area contributed by atoms with Gasteiger partial charge in [0, 0.05) is 12.4 Å². The first-order valence-corrected chi connectivity index (χ1v) is 4.25. The van der Waals surface area contributed by atoms with Crippen LogP contribution in [-0.2, 0) is 0 Å². The minimum Gasteiger partial charge on any atom is -0.390 e. The second-order valence-electron chi connectivity index (χ2n) is 2.88. The van der Waals surface area contributed by atoms with Crippen LogP contribution in [0.25, 0.3) is 0 Å². The molecule has 0 bridgehead atoms. The summed E-state index contributed by atoms with van der Waals surface area (Å²) in [4.78, 5) is 6.61. The number of aromatic amines is 1. The molecular weight excluding hydrogens is 170 g/mol. The van der Waals surface area contributed by atoms with Gasteiger partial charge in [-0.1, -0.05) is 0 Å². The highest BCUT2D eigenvalue weighted by atomic mass is 16.3. The molecule has 0 aromatic carbocycles. The summed E-state index contributed by atoms with van der Waals surface area (Å²) in [6.45, 7) is 0.666. The average molecular weight is 185 g/mol. The Bertz CT molecular complexity index is 225. The van der Waals surface area contributed by atoms with Crippen molar-refractivity contribution < 1.29 is 10.2 Å². The SMILES string of the molecule is CNCCC(O)C(O)c1ncc[nH]1. The molecule has 0 radical (unpaired) electrons. The standard InChI is InChI=1S/C8H15N3O2/c1-9-3-2-6(12)7(13)8-10-4-5-11-8/h4-7,9,12-13H,2-3H2,1H3,(H,10,11). The van der Waals surface area contributed by atoms with Crippen molar-refractivity contribution in [3.63, 3.8) is 0 Å². The van der Waals surface area contributed by atoms with Crippen molar-refractivity contribution >= 4 is 0 Å². The van der Waals surface area contributed by atoms with Gasteiger partial charge in [0.2, 0.25) is 0 Å². The van der Waals surface area contributed by atoms with E-state index < -0.39 is 12.2 Å². The number of nitrogens with one attached hydrogen (secondary N) is 2. The second kappa shape index (κ2) is 4.96. The summed E-state index contributed by atoms with van der Waals surface area (Å²) >= 11 is 0. The minimum absolute atomic E-state index is 0.406. The maximum Gasteiger partial charge on any atom is 0.137 e. The fraction of sp³-hybridized carbons (Fsp3) is 0.625. The molecule has 0 aliphatic carbocycles. The van der Waals surface area contributed by atoms with Gasteiger partial charge in [-0.25, -0.2) is 4.98 Å². The maximum absolute atomic E-state index is 9.53. The molecule has 0 saturated heterocycles. The molecule has 1 aromatic rings. The van der Waals surface area contributed by atoms with Gasteiger partial charge in [-0.2, -0.15) is 0 Å². The number of hydrogen-bond donors (Lipinski definition) is 4. The largest absolute Gasteiger partial charge is 0.390 e. The summed E-state index contributed by atoms with van der Waals surface area (Å²) in [6.07, 6.45) is 1.95. The van der Waals surface area contributed by atoms with E-state index in [1.54, 1.807) is 19.4 Å². The highest BCUT2D eigenvalue weighted by Gasteiger charge is 2.19. The number of H-pyrrole nitrogens is 1. The fourth-order valence-corrected chi connectivity index (χ4v) is 1.07. The number of imidazole rings is 1. The highest BCUT2D eigenvalue weighted by Crippen LogP contribution is 2.13. The molecule has 0 fully saturated rings. The molecule has 0 aliphatic rings. The summed E-state index contributed by atoms with van der Waals surface area (Å²) in [6, 6.07) is 0. The first-order valence-electron chi connectivity index (χ1n) is 4.25. The number of nitrogens with zero attached hydrogens (tertiary/aromatic N) is 1. The topological polar surface area (TPSA) is 81.2 Å². The molecule has 0 spiro atoms. The molecule has 2 unspecified atom stereocenters. The van der Waals surface area contributed by atoms with Gasteiger partial charge in [0.05, 0.1) is 6.10 Å². The van der Waals surface area contributed by atoms with E-state index in [-0.39, 0.29) is 0 Å². The van der Waals surface area contributed by atoms with Gasteiger partial charge in [-0.05, 0) is 20.0 Å². The van der Waals surface area contributed by atoms with E-state index in [1.165, 1.54) is 0 Å². The number of hydrogen-bond acceptors (Lipinski definition) is 4. The van der Waals surface area contributed by atoms with Gasteiger partial charge in [0.25, 0.3) is 0 Å². The van der Waals surface area contributed by atoms with Gasteiger partial charge in [-0.15, -0.1) is 0 Å². The van der Waals surface area contributed by atoms with Gasteiger partial charge >= 0.3 is 0 Å². The van der Waals surface area contributed by atoms with Crippen LogP contribution in [-0.4, -0.2) is 39.9 Å². The Morgan fingerprint density at radius 3 is 2.92 bits per heavy atom. The molecular formula is C8H15N3O2. The molecule has 2 atom stereocenters. The van der Waals surface area contributed by atoms with Crippen LogP contribution in [0.5, 0.6) is 0 Å². The molecule has 74 valence electrons. The van der Waals surface area contributed by atoms with E-state index >= 15 is 0 Å². The van der Waals surface area contributed by atoms with Crippen LogP contribution in [0.4, 0.5) is 0 Å². The third kappa shape index (κ3) is 2.80. The predicted molar refractivity (Wildman–Crippen MR) is 48.1 cm³/mol. The first-order chi connectivity index (χ1) is 6.25. The van der Waals surface area contributed by atoms with E-state index in [1.807, 2.05) is 0 Å². The zero-order valence-electron chi connectivity index (χ0n) is 7.57. The molecule has 0 saturated carbocycles. The Hall–Kier alpha value is -0.910. The molecule has 1 heterocycles. The van der Waals surface area contributed by atoms with Crippen molar-refractivity contribution in [1.82, 2.24) is 15.3 Å². The van der Waals surface area contributed by atoms with Crippen LogP contribution in [0.1, 0.15) is 18.3 Å². The Balaban J connectivity index is 2.43. The Kier molecular flexibility index (Phi) is 3.88. The normalized spacial score (nSPS) is 15.6. The van der Waals surface area contributed by atoms with Crippen LogP contribution in [0.2, 0.25) is 0 Å². The third-order valence-electron chi connectivity index (χ3n) is 1.85. The van der Waals surface area contributed by atoms with Crippen LogP contribution >= 0.6 is 0 Å². The number of aliphatic hydroxyl groups is 2. The molecule has 0 aliphatic heterocycles. The van der Waals surface area contributed by atoms with Gasteiger partial charge < -0.3 is 20.5 Å². The van der Waals surface area contributed by atoms with Crippen molar-refractivity contribution in [2.45, 2.75) is 18.6 Å². The molecule has 5 heteroatoms. The molecule has 5 nitrogen and oxygen atoms in total. The smallest absolute Gasteiger partial charge is 0.137 e. The number of aromatic nitrogens is 2. The van der Waals surface area contributed by atoms with Crippen LogP contribution in [0.3, 0.4) is 0 Å². The van der Waals surface area contributed by atoms with Crippen LogP contribution < -0.4 is 5.32 Å².